The molecule has 1 aliphatic rings. The molecule has 0 radical (unpaired) electrons. The van der Waals surface area contributed by atoms with E-state index in [1.54, 1.807) is 6.20 Å². The van der Waals surface area contributed by atoms with Crippen LogP contribution in [0.3, 0.4) is 0 Å². The molecule has 0 spiro atoms. The first kappa shape index (κ1) is 11.6. The first-order valence-corrected chi connectivity index (χ1v) is 6.13. The molecule has 1 N–H and O–H groups in total. The lowest BCUT2D eigenvalue weighted by atomic mass is 9.84. The van der Waals surface area contributed by atoms with Crippen molar-refractivity contribution in [3.8, 4) is 0 Å². The second kappa shape index (κ2) is 3.88. The minimum atomic E-state index is -0.716. The van der Waals surface area contributed by atoms with Crippen LogP contribution < -0.4 is 0 Å². The molecule has 3 heteroatoms. The molecule has 0 amide bonds. The molecule has 1 atom stereocenters. The second-order valence-electron chi connectivity index (χ2n) is 5.91. The molecule has 1 aromatic heterocycles. The summed E-state index contributed by atoms with van der Waals surface area (Å²) in [5.74, 6) is 0.824. The SMILES string of the molecule is Cn1ccnc1C1(O)CCCC(C)(C)CC1. The minimum absolute atomic E-state index is 0.357. The van der Waals surface area contributed by atoms with Crippen LogP contribution >= 0.6 is 0 Å². The van der Waals surface area contributed by atoms with Gasteiger partial charge in [0.05, 0.1) is 0 Å². The van der Waals surface area contributed by atoms with Crippen LogP contribution in [0.2, 0.25) is 0 Å². The van der Waals surface area contributed by atoms with Gasteiger partial charge < -0.3 is 9.67 Å². The summed E-state index contributed by atoms with van der Waals surface area (Å²) in [4.78, 5) is 4.31. The van der Waals surface area contributed by atoms with Gasteiger partial charge in [0.2, 0.25) is 0 Å². The maximum absolute atomic E-state index is 10.7. The number of imidazole rings is 1. The number of nitrogens with zero attached hydrogens (tertiary/aromatic N) is 2. The molecule has 1 aromatic rings. The van der Waals surface area contributed by atoms with Crippen molar-refractivity contribution in [2.45, 2.75) is 51.6 Å². The van der Waals surface area contributed by atoms with Crippen LogP contribution in [0, 0.1) is 5.41 Å². The third-order valence-corrected chi connectivity index (χ3v) is 3.90. The van der Waals surface area contributed by atoms with Gasteiger partial charge in [-0.2, -0.15) is 0 Å². The molecule has 90 valence electrons. The molecule has 1 heterocycles. The van der Waals surface area contributed by atoms with Crippen molar-refractivity contribution in [1.29, 1.82) is 0 Å². The fourth-order valence-electron chi connectivity index (χ4n) is 2.69. The van der Waals surface area contributed by atoms with Gasteiger partial charge >= 0.3 is 0 Å². The maximum Gasteiger partial charge on any atom is 0.140 e. The van der Waals surface area contributed by atoms with E-state index in [0.717, 1.165) is 31.5 Å². The molecule has 1 unspecified atom stereocenters. The van der Waals surface area contributed by atoms with Crippen molar-refractivity contribution < 1.29 is 5.11 Å². The van der Waals surface area contributed by atoms with Crippen molar-refractivity contribution in [3.05, 3.63) is 18.2 Å². The molecular formula is C13H22N2O. The fourth-order valence-corrected chi connectivity index (χ4v) is 2.69. The van der Waals surface area contributed by atoms with E-state index in [4.69, 9.17) is 0 Å². The summed E-state index contributed by atoms with van der Waals surface area (Å²) in [6.45, 7) is 4.58. The average molecular weight is 222 g/mol. The number of aliphatic hydroxyl groups is 1. The summed E-state index contributed by atoms with van der Waals surface area (Å²) in [5, 5.41) is 10.7. The lowest BCUT2D eigenvalue weighted by Gasteiger charge is -2.27. The van der Waals surface area contributed by atoms with Crippen molar-refractivity contribution >= 4 is 0 Å². The number of aryl methyl sites for hydroxylation is 1. The molecule has 1 aliphatic carbocycles. The van der Waals surface area contributed by atoms with Gasteiger partial charge in [-0.15, -0.1) is 0 Å². The molecule has 1 fully saturated rings. The first-order valence-electron chi connectivity index (χ1n) is 6.13. The molecule has 0 aliphatic heterocycles. The third kappa shape index (κ3) is 2.14. The first-order chi connectivity index (χ1) is 7.43. The minimum Gasteiger partial charge on any atom is -0.382 e. The Morgan fingerprint density at radius 3 is 2.62 bits per heavy atom. The summed E-state index contributed by atoms with van der Waals surface area (Å²) in [5.41, 5.74) is -0.359. The van der Waals surface area contributed by atoms with Crippen LogP contribution in [0.4, 0.5) is 0 Å². The van der Waals surface area contributed by atoms with Crippen molar-refractivity contribution in [1.82, 2.24) is 9.55 Å². The lowest BCUT2D eigenvalue weighted by molar-refractivity contribution is 0.00682. The largest absolute Gasteiger partial charge is 0.382 e. The maximum atomic E-state index is 10.7. The molecule has 0 aromatic carbocycles. The predicted molar refractivity (Wildman–Crippen MR) is 64.0 cm³/mol. The Morgan fingerprint density at radius 2 is 2.00 bits per heavy atom. The Labute approximate surface area is 97.5 Å². The van der Waals surface area contributed by atoms with Crippen LogP contribution in [0.15, 0.2) is 12.4 Å². The topological polar surface area (TPSA) is 38.0 Å². The van der Waals surface area contributed by atoms with E-state index in [9.17, 15) is 5.11 Å². The van der Waals surface area contributed by atoms with Crippen LogP contribution in [-0.2, 0) is 12.6 Å². The number of hydrogen-bond acceptors (Lipinski definition) is 2. The Kier molecular flexibility index (Phi) is 2.82. The monoisotopic (exact) mass is 222 g/mol. The summed E-state index contributed by atoms with van der Waals surface area (Å²) < 4.78 is 1.94. The highest BCUT2D eigenvalue weighted by Crippen LogP contribution is 2.41. The highest BCUT2D eigenvalue weighted by Gasteiger charge is 2.37. The number of rotatable bonds is 1. The normalized spacial score (nSPS) is 30.0. The zero-order chi connectivity index (χ0) is 11.8. The Balaban J connectivity index is 2.23. The summed E-state index contributed by atoms with van der Waals surface area (Å²) in [6, 6.07) is 0. The summed E-state index contributed by atoms with van der Waals surface area (Å²) in [6.07, 6.45) is 8.67. The second-order valence-corrected chi connectivity index (χ2v) is 5.91. The van der Waals surface area contributed by atoms with Crippen molar-refractivity contribution in [2.24, 2.45) is 12.5 Å². The standard InChI is InChI=1S/C13H22N2O/c1-12(2)5-4-6-13(16,8-7-12)11-14-9-10-15(11)3/h9-10,16H,4-8H2,1-3H3. The molecule has 16 heavy (non-hydrogen) atoms. The van der Waals surface area contributed by atoms with Crippen LogP contribution in [0.1, 0.15) is 51.8 Å². The Morgan fingerprint density at radius 1 is 1.25 bits per heavy atom. The van der Waals surface area contributed by atoms with Gasteiger partial charge in [-0.1, -0.05) is 13.8 Å². The van der Waals surface area contributed by atoms with Crippen LogP contribution in [0.25, 0.3) is 0 Å². The third-order valence-electron chi connectivity index (χ3n) is 3.90. The fraction of sp³-hybridized carbons (Fsp3) is 0.769. The van der Waals surface area contributed by atoms with Gasteiger partial charge in [0.15, 0.2) is 0 Å². The Hall–Kier alpha value is -0.830. The quantitative estimate of drug-likeness (QED) is 0.742. The van der Waals surface area contributed by atoms with E-state index in [2.05, 4.69) is 18.8 Å². The van der Waals surface area contributed by atoms with Crippen LogP contribution in [0.5, 0.6) is 0 Å². The van der Waals surface area contributed by atoms with E-state index in [1.807, 2.05) is 17.8 Å². The van der Waals surface area contributed by atoms with E-state index in [0.29, 0.717) is 5.41 Å². The van der Waals surface area contributed by atoms with Crippen molar-refractivity contribution in [2.75, 3.05) is 0 Å². The van der Waals surface area contributed by atoms with E-state index >= 15 is 0 Å². The van der Waals surface area contributed by atoms with E-state index < -0.39 is 5.60 Å². The van der Waals surface area contributed by atoms with Gasteiger partial charge in [0.25, 0.3) is 0 Å². The Bertz CT molecular complexity index is 370. The van der Waals surface area contributed by atoms with E-state index in [-0.39, 0.29) is 0 Å². The summed E-state index contributed by atoms with van der Waals surface area (Å²) in [7, 11) is 1.95. The molecule has 0 saturated heterocycles. The lowest BCUT2D eigenvalue weighted by Crippen LogP contribution is -2.29. The molecule has 2 rings (SSSR count). The van der Waals surface area contributed by atoms with E-state index in [1.165, 1.54) is 6.42 Å². The smallest absolute Gasteiger partial charge is 0.140 e. The van der Waals surface area contributed by atoms with Gasteiger partial charge in [-0.05, 0) is 37.5 Å². The summed E-state index contributed by atoms with van der Waals surface area (Å²) >= 11 is 0. The zero-order valence-corrected chi connectivity index (χ0v) is 10.5. The highest BCUT2D eigenvalue weighted by molar-refractivity contribution is 5.05. The number of aromatic nitrogens is 2. The van der Waals surface area contributed by atoms with Gasteiger partial charge in [0.1, 0.15) is 11.4 Å². The molecule has 1 saturated carbocycles. The number of hydrogen-bond donors (Lipinski definition) is 1. The van der Waals surface area contributed by atoms with Crippen LogP contribution in [-0.4, -0.2) is 14.7 Å². The van der Waals surface area contributed by atoms with Gasteiger partial charge in [0, 0.05) is 19.4 Å². The highest BCUT2D eigenvalue weighted by atomic mass is 16.3. The molecule has 3 nitrogen and oxygen atoms in total. The molecule has 0 bridgehead atoms. The van der Waals surface area contributed by atoms with Gasteiger partial charge in [-0.25, -0.2) is 4.98 Å². The van der Waals surface area contributed by atoms with Crippen molar-refractivity contribution in [3.63, 3.8) is 0 Å². The predicted octanol–water partition coefficient (Wildman–Crippen LogP) is 2.60. The zero-order valence-electron chi connectivity index (χ0n) is 10.5. The average Bonchev–Trinajstić information content (AvgIpc) is 2.56. The van der Waals surface area contributed by atoms with Gasteiger partial charge in [-0.3, -0.25) is 0 Å². The molecular weight excluding hydrogens is 200 g/mol.